The number of aromatic carboxylic acids is 1. The van der Waals surface area contributed by atoms with Gasteiger partial charge in [0.2, 0.25) is 0 Å². The number of carbonyl (C=O) groups is 1. The van der Waals surface area contributed by atoms with Crippen molar-refractivity contribution in [3.05, 3.63) is 35.9 Å². The van der Waals surface area contributed by atoms with Gasteiger partial charge in [0.1, 0.15) is 0 Å². The second-order valence-electron chi connectivity index (χ2n) is 1.67. The molecule has 1 rings (SSSR count). The SMILES string of the molecule is O=C(O)c1ccccc1.[Na].[Na]. The third kappa shape index (κ3) is 5.01. The second-order valence-corrected chi connectivity index (χ2v) is 1.67. The van der Waals surface area contributed by atoms with Crippen molar-refractivity contribution in [2.45, 2.75) is 0 Å². The molecule has 11 heavy (non-hydrogen) atoms. The van der Waals surface area contributed by atoms with Crippen LogP contribution in [0.1, 0.15) is 10.4 Å². The van der Waals surface area contributed by atoms with Crippen molar-refractivity contribution in [3.8, 4) is 0 Å². The third-order valence-corrected chi connectivity index (χ3v) is 1.02. The molecular formula is C7H6Na2O2. The van der Waals surface area contributed by atoms with Crippen LogP contribution in [0.15, 0.2) is 30.3 Å². The molecule has 0 spiro atoms. The van der Waals surface area contributed by atoms with Crippen LogP contribution >= 0.6 is 0 Å². The first-order chi connectivity index (χ1) is 4.30. The minimum absolute atomic E-state index is 0. The normalized spacial score (nSPS) is 7.27. The van der Waals surface area contributed by atoms with Crippen molar-refractivity contribution in [2.24, 2.45) is 0 Å². The van der Waals surface area contributed by atoms with E-state index in [0.29, 0.717) is 5.56 Å². The quantitative estimate of drug-likeness (QED) is 0.624. The molecule has 0 saturated carbocycles. The molecule has 4 heteroatoms. The van der Waals surface area contributed by atoms with E-state index in [1.54, 1.807) is 30.3 Å². The molecule has 0 amide bonds. The Morgan fingerprint density at radius 3 is 1.82 bits per heavy atom. The van der Waals surface area contributed by atoms with Crippen LogP contribution in [0, 0.1) is 0 Å². The summed E-state index contributed by atoms with van der Waals surface area (Å²) in [6.45, 7) is 0. The molecule has 0 atom stereocenters. The summed E-state index contributed by atoms with van der Waals surface area (Å²) in [7, 11) is 0. The molecule has 2 nitrogen and oxygen atoms in total. The van der Waals surface area contributed by atoms with E-state index >= 15 is 0 Å². The number of rotatable bonds is 1. The van der Waals surface area contributed by atoms with E-state index in [2.05, 4.69) is 0 Å². The van der Waals surface area contributed by atoms with E-state index in [-0.39, 0.29) is 59.1 Å². The summed E-state index contributed by atoms with van der Waals surface area (Å²) in [6.07, 6.45) is 0. The summed E-state index contributed by atoms with van der Waals surface area (Å²) in [5.74, 6) is -0.879. The molecule has 1 aromatic rings. The van der Waals surface area contributed by atoms with Crippen molar-refractivity contribution in [3.63, 3.8) is 0 Å². The summed E-state index contributed by atoms with van der Waals surface area (Å²) in [4.78, 5) is 10.2. The molecule has 2 radical (unpaired) electrons. The van der Waals surface area contributed by atoms with Crippen LogP contribution in [0.2, 0.25) is 0 Å². The van der Waals surface area contributed by atoms with Gasteiger partial charge in [0.15, 0.2) is 0 Å². The van der Waals surface area contributed by atoms with Gasteiger partial charge in [0.25, 0.3) is 0 Å². The largest absolute Gasteiger partial charge is 0.478 e. The van der Waals surface area contributed by atoms with Gasteiger partial charge in [-0.1, -0.05) is 18.2 Å². The Balaban J connectivity index is 0. The van der Waals surface area contributed by atoms with Crippen molar-refractivity contribution in [1.82, 2.24) is 0 Å². The predicted molar refractivity (Wildman–Crippen MR) is 44.9 cm³/mol. The summed E-state index contributed by atoms with van der Waals surface area (Å²) in [5, 5.41) is 8.38. The maximum absolute atomic E-state index is 10.2. The molecule has 1 N–H and O–H groups in total. The molecule has 0 unspecified atom stereocenters. The molecule has 0 aliphatic heterocycles. The van der Waals surface area contributed by atoms with E-state index in [1.165, 1.54) is 0 Å². The summed E-state index contributed by atoms with van der Waals surface area (Å²) in [5.41, 5.74) is 0.331. The van der Waals surface area contributed by atoms with Gasteiger partial charge < -0.3 is 5.11 Å². The molecule has 0 aromatic heterocycles. The van der Waals surface area contributed by atoms with Crippen LogP contribution in [0.4, 0.5) is 0 Å². The summed E-state index contributed by atoms with van der Waals surface area (Å²) >= 11 is 0. The van der Waals surface area contributed by atoms with Crippen molar-refractivity contribution >= 4 is 65.1 Å². The first-order valence-electron chi connectivity index (χ1n) is 2.59. The predicted octanol–water partition coefficient (Wildman–Crippen LogP) is 0.623. The second kappa shape index (κ2) is 7.35. The Morgan fingerprint density at radius 2 is 1.55 bits per heavy atom. The fourth-order valence-corrected chi connectivity index (χ4v) is 0.581. The number of hydrogen-bond acceptors (Lipinski definition) is 1. The molecule has 0 aliphatic carbocycles. The Labute approximate surface area is 110 Å². The molecule has 1 aromatic carbocycles. The van der Waals surface area contributed by atoms with Gasteiger partial charge >= 0.3 is 5.97 Å². The molecule has 48 valence electrons. The van der Waals surface area contributed by atoms with E-state index in [1.807, 2.05) is 0 Å². The molecule has 0 fully saturated rings. The molecule has 0 saturated heterocycles. The maximum Gasteiger partial charge on any atom is 0.335 e. The molecule has 0 heterocycles. The number of carboxylic acids is 1. The van der Waals surface area contributed by atoms with E-state index in [4.69, 9.17) is 5.11 Å². The molecular weight excluding hydrogens is 162 g/mol. The fourth-order valence-electron chi connectivity index (χ4n) is 0.581. The maximum atomic E-state index is 10.2. The first kappa shape index (κ1) is 14.2. The minimum Gasteiger partial charge on any atom is -0.478 e. The Hall–Kier alpha value is 0.690. The number of hydrogen-bond donors (Lipinski definition) is 1. The smallest absolute Gasteiger partial charge is 0.335 e. The van der Waals surface area contributed by atoms with Gasteiger partial charge in [-0.2, -0.15) is 0 Å². The van der Waals surface area contributed by atoms with E-state index in [0.717, 1.165) is 0 Å². The van der Waals surface area contributed by atoms with Crippen LogP contribution in [-0.2, 0) is 0 Å². The van der Waals surface area contributed by atoms with Gasteiger partial charge in [0.05, 0.1) is 5.56 Å². The Kier molecular flexibility index (Phi) is 9.50. The fraction of sp³-hybridized carbons (Fsp3) is 0. The van der Waals surface area contributed by atoms with Gasteiger partial charge in [-0.25, -0.2) is 4.79 Å². The van der Waals surface area contributed by atoms with Crippen LogP contribution in [0.3, 0.4) is 0 Å². The molecule has 0 aliphatic rings. The monoisotopic (exact) mass is 168 g/mol. The van der Waals surface area contributed by atoms with E-state index in [9.17, 15) is 4.79 Å². The zero-order valence-electron chi connectivity index (χ0n) is 6.74. The first-order valence-corrected chi connectivity index (χ1v) is 2.59. The van der Waals surface area contributed by atoms with Crippen molar-refractivity contribution < 1.29 is 9.90 Å². The van der Waals surface area contributed by atoms with Gasteiger partial charge in [-0.3, -0.25) is 0 Å². The topological polar surface area (TPSA) is 37.3 Å². The van der Waals surface area contributed by atoms with Gasteiger partial charge in [-0.15, -0.1) is 0 Å². The van der Waals surface area contributed by atoms with Crippen LogP contribution in [0.25, 0.3) is 0 Å². The van der Waals surface area contributed by atoms with Crippen LogP contribution in [0.5, 0.6) is 0 Å². The average Bonchev–Trinajstić information content (AvgIpc) is 1.90. The standard InChI is InChI=1S/C7H6O2.2Na/c8-7(9)6-4-2-1-3-5-6;;/h1-5H,(H,8,9);;. The number of carboxylic acid groups (broad SMARTS) is 1. The van der Waals surface area contributed by atoms with Gasteiger partial charge in [-0.05, 0) is 12.1 Å². The van der Waals surface area contributed by atoms with Crippen molar-refractivity contribution in [1.29, 1.82) is 0 Å². The number of benzene rings is 1. The Bertz CT molecular complexity index is 211. The average molecular weight is 168 g/mol. The zero-order valence-corrected chi connectivity index (χ0v) is 10.7. The van der Waals surface area contributed by atoms with Crippen LogP contribution in [-0.4, -0.2) is 70.2 Å². The van der Waals surface area contributed by atoms with Crippen molar-refractivity contribution in [2.75, 3.05) is 0 Å². The minimum atomic E-state index is -0.879. The zero-order chi connectivity index (χ0) is 6.69. The summed E-state index contributed by atoms with van der Waals surface area (Å²) < 4.78 is 0. The van der Waals surface area contributed by atoms with E-state index < -0.39 is 5.97 Å². The summed E-state index contributed by atoms with van der Waals surface area (Å²) in [6, 6.07) is 8.30. The molecule has 0 bridgehead atoms. The van der Waals surface area contributed by atoms with Gasteiger partial charge in [0, 0.05) is 59.1 Å². The Morgan fingerprint density at radius 1 is 1.09 bits per heavy atom. The van der Waals surface area contributed by atoms with Crippen LogP contribution < -0.4 is 0 Å². The third-order valence-electron chi connectivity index (χ3n) is 1.02.